The minimum Gasteiger partial charge on any atom is -0.393 e. The predicted molar refractivity (Wildman–Crippen MR) is 28.6 cm³/mol. The van der Waals surface area contributed by atoms with Crippen LogP contribution in [0.1, 0.15) is 6.92 Å². The van der Waals surface area contributed by atoms with Crippen LogP contribution in [0.4, 0.5) is 0 Å². The molecule has 0 bridgehead atoms. The molecule has 1 unspecified atom stereocenters. The van der Waals surface area contributed by atoms with E-state index in [1.807, 2.05) is 0 Å². The summed E-state index contributed by atoms with van der Waals surface area (Å²) in [6, 6.07) is 0. The lowest BCUT2D eigenvalue weighted by molar-refractivity contribution is -0.120. The van der Waals surface area contributed by atoms with Crippen LogP contribution in [0.5, 0.6) is 0 Å². The molecular formula is C5H10O3. The highest BCUT2D eigenvalue weighted by Gasteiger charge is 2.01. The fraction of sp³-hybridized carbons (Fsp3) is 0.800. The van der Waals surface area contributed by atoms with Gasteiger partial charge in [0, 0.05) is 6.61 Å². The Balaban J connectivity index is 3.21. The van der Waals surface area contributed by atoms with Crippen LogP contribution in [-0.4, -0.2) is 30.7 Å². The number of carbonyl (C=O) groups is 1. The fourth-order valence-corrected chi connectivity index (χ4v) is 0.349. The molecule has 0 amide bonds. The van der Waals surface area contributed by atoms with Gasteiger partial charge in [0.1, 0.15) is 6.10 Å². The van der Waals surface area contributed by atoms with Gasteiger partial charge >= 0.3 is 0 Å². The van der Waals surface area contributed by atoms with E-state index in [1.54, 1.807) is 6.92 Å². The van der Waals surface area contributed by atoms with E-state index in [1.165, 1.54) is 0 Å². The molecule has 0 aromatic rings. The van der Waals surface area contributed by atoms with Crippen molar-refractivity contribution < 1.29 is 14.6 Å². The van der Waals surface area contributed by atoms with Gasteiger partial charge < -0.3 is 14.6 Å². The van der Waals surface area contributed by atoms with Crippen LogP contribution in [0.2, 0.25) is 0 Å². The first-order valence-electron chi connectivity index (χ1n) is 2.52. The molecule has 0 rings (SSSR count). The van der Waals surface area contributed by atoms with Crippen molar-refractivity contribution in [3.05, 3.63) is 0 Å². The molecule has 0 heterocycles. The van der Waals surface area contributed by atoms with Crippen LogP contribution in [-0.2, 0) is 9.53 Å². The Morgan fingerprint density at radius 1 is 1.88 bits per heavy atom. The maximum Gasteiger partial charge on any atom is 0.151 e. The average Bonchev–Trinajstić information content (AvgIpc) is 1.83. The van der Waals surface area contributed by atoms with Crippen molar-refractivity contribution in [1.82, 2.24) is 0 Å². The third-order valence-corrected chi connectivity index (χ3v) is 0.712. The van der Waals surface area contributed by atoms with E-state index in [-0.39, 0.29) is 6.61 Å². The van der Waals surface area contributed by atoms with Gasteiger partial charge in [0.2, 0.25) is 0 Å². The monoisotopic (exact) mass is 118 g/mol. The second-order valence-electron chi connectivity index (χ2n) is 1.31. The topological polar surface area (TPSA) is 46.5 Å². The highest BCUT2D eigenvalue weighted by molar-refractivity contribution is 5.55. The molecule has 0 aliphatic heterocycles. The van der Waals surface area contributed by atoms with E-state index in [9.17, 15) is 4.79 Å². The smallest absolute Gasteiger partial charge is 0.151 e. The Morgan fingerprint density at radius 2 is 2.50 bits per heavy atom. The van der Waals surface area contributed by atoms with E-state index in [4.69, 9.17) is 9.84 Å². The van der Waals surface area contributed by atoms with Crippen LogP contribution in [0, 0.1) is 0 Å². The summed E-state index contributed by atoms with van der Waals surface area (Å²) in [5.74, 6) is 0. The summed E-state index contributed by atoms with van der Waals surface area (Å²) >= 11 is 0. The number of aliphatic hydroxyl groups is 1. The van der Waals surface area contributed by atoms with Crippen molar-refractivity contribution >= 4 is 6.29 Å². The fourth-order valence-electron chi connectivity index (χ4n) is 0.349. The molecule has 3 nitrogen and oxygen atoms in total. The van der Waals surface area contributed by atoms with E-state index >= 15 is 0 Å². The van der Waals surface area contributed by atoms with E-state index in [0.717, 1.165) is 0 Å². The summed E-state index contributed by atoms with van der Waals surface area (Å²) < 4.78 is 4.72. The first kappa shape index (κ1) is 7.59. The summed E-state index contributed by atoms with van der Waals surface area (Å²) in [5.41, 5.74) is 0. The Kier molecular flexibility index (Phi) is 4.50. The lowest BCUT2D eigenvalue weighted by atomic mass is 10.4. The normalized spacial score (nSPS) is 13.2. The number of hydrogen-bond donors (Lipinski definition) is 1. The molecule has 0 aromatic carbocycles. The van der Waals surface area contributed by atoms with Gasteiger partial charge in [-0.25, -0.2) is 0 Å². The predicted octanol–water partition coefficient (Wildman–Crippen LogP) is -0.417. The molecule has 3 heteroatoms. The average molecular weight is 118 g/mol. The largest absolute Gasteiger partial charge is 0.393 e. The van der Waals surface area contributed by atoms with Crippen LogP contribution in [0.25, 0.3) is 0 Å². The van der Waals surface area contributed by atoms with Gasteiger partial charge in [-0.15, -0.1) is 0 Å². The van der Waals surface area contributed by atoms with Crippen molar-refractivity contribution in [2.45, 2.75) is 13.0 Å². The summed E-state index contributed by atoms with van der Waals surface area (Å²) in [5, 5.41) is 8.30. The molecule has 0 aliphatic rings. The van der Waals surface area contributed by atoms with Crippen LogP contribution >= 0.6 is 0 Å². The Morgan fingerprint density at radius 3 is 2.62 bits per heavy atom. The molecule has 0 aliphatic carbocycles. The second kappa shape index (κ2) is 4.74. The summed E-state index contributed by atoms with van der Waals surface area (Å²) in [7, 11) is 0. The third-order valence-electron chi connectivity index (χ3n) is 0.712. The minimum atomic E-state index is -0.625. The molecule has 0 aromatic heterocycles. The minimum absolute atomic E-state index is 0.225. The Labute approximate surface area is 48.3 Å². The standard InChI is InChI=1S/C5H10O3/c1-2-8-5(3-6)4-7/h3,5,7H,2,4H2,1H3. The van der Waals surface area contributed by atoms with Gasteiger partial charge in [0.15, 0.2) is 6.29 Å². The molecular weight excluding hydrogens is 108 g/mol. The van der Waals surface area contributed by atoms with Gasteiger partial charge in [0.25, 0.3) is 0 Å². The van der Waals surface area contributed by atoms with Crippen LogP contribution < -0.4 is 0 Å². The van der Waals surface area contributed by atoms with E-state index in [0.29, 0.717) is 12.9 Å². The maximum absolute atomic E-state index is 9.84. The third kappa shape index (κ3) is 2.71. The highest BCUT2D eigenvalue weighted by Crippen LogP contribution is 1.83. The van der Waals surface area contributed by atoms with Gasteiger partial charge in [-0.2, -0.15) is 0 Å². The van der Waals surface area contributed by atoms with Crippen LogP contribution in [0.15, 0.2) is 0 Å². The maximum atomic E-state index is 9.84. The van der Waals surface area contributed by atoms with Crippen molar-refractivity contribution in [1.29, 1.82) is 0 Å². The zero-order chi connectivity index (χ0) is 6.41. The zero-order valence-corrected chi connectivity index (χ0v) is 4.83. The zero-order valence-electron chi connectivity index (χ0n) is 4.83. The second-order valence-corrected chi connectivity index (χ2v) is 1.31. The van der Waals surface area contributed by atoms with Gasteiger partial charge in [-0.05, 0) is 6.92 Å². The molecule has 48 valence electrons. The molecule has 0 saturated heterocycles. The van der Waals surface area contributed by atoms with Crippen molar-refractivity contribution in [3.63, 3.8) is 0 Å². The Bertz CT molecular complexity index is 62.7. The van der Waals surface area contributed by atoms with Crippen molar-refractivity contribution in [3.8, 4) is 0 Å². The molecule has 0 radical (unpaired) electrons. The first-order chi connectivity index (χ1) is 3.85. The number of aliphatic hydroxyl groups excluding tert-OH is 1. The number of aldehydes is 1. The molecule has 1 atom stereocenters. The molecule has 8 heavy (non-hydrogen) atoms. The molecule has 1 N–H and O–H groups in total. The number of ether oxygens (including phenoxy) is 1. The number of rotatable bonds is 4. The number of hydrogen-bond acceptors (Lipinski definition) is 3. The quantitative estimate of drug-likeness (QED) is 0.510. The van der Waals surface area contributed by atoms with Gasteiger partial charge in [-0.3, -0.25) is 0 Å². The molecule has 0 fully saturated rings. The highest BCUT2D eigenvalue weighted by atomic mass is 16.5. The lowest BCUT2D eigenvalue weighted by Gasteiger charge is -2.03. The summed E-state index contributed by atoms with van der Waals surface area (Å²) in [4.78, 5) is 9.84. The lowest BCUT2D eigenvalue weighted by Crippen LogP contribution is -2.18. The Hall–Kier alpha value is -0.410. The van der Waals surface area contributed by atoms with Gasteiger partial charge in [0.05, 0.1) is 6.61 Å². The van der Waals surface area contributed by atoms with Crippen molar-refractivity contribution in [2.75, 3.05) is 13.2 Å². The van der Waals surface area contributed by atoms with E-state index < -0.39 is 6.10 Å². The van der Waals surface area contributed by atoms with Crippen molar-refractivity contribution in [2.24, 2.45) is 0 Å². The first-order valence-corrected chi connectivity index (χ1v) is 2.52. The van der Waals surface area contributed by atoms with E-state index in [2.05, 4.69) is 0 Å². The SMILES string of the molecule is CCOC(C=O)CO. The summed E-state index contributed by atoms with van der Waals surface area (Å²) in [6.45, 7) is 2.01. The van der Waals surface area contributed by atoms with Gasteiger partial charge in [-0.1, -0.05) is 0 Å². The molecule has 0 spiro atoms. The summed E-state index contributed by atoms with van der Waals surface area (Å²) in [6.07, 6.45) is -0.0382. The molecule has 0 saturated carbocycles. The number of carbonyl (C=O) groups excluding carboxylic acids is 1. The van der Waals surface area contributed by atoms with Crippen LogP contribution in [0.3, 0.4) is 0 Å².